The van der Waals surface area contributed by atoms with Gasteiger partial charge in [-0.1, -0.05) is 22.4 Å². The molecule has 1 aliphatic carbocycles. The number of rotatable bonds is 2. The van der Waals surface area contributed by atoms with E-state index in [0.29, 0.717) is 10.5 Å². The third kappa shape index (κ3) is 1.95. The maximum Gasteiger partial charge on any atom is 0.273 e. The summed E-state index contributed by atoms with van der Waals surface area (Å²) in [6.07, 6.45) is 4.72. The highest BCUT2D eigenvalue weighted by molar-refractivity contribution is 9.09. The minimum absolute atomic E-state index is 0.157. The van der Waals surface area contributed by atoms with Crippen molar-refractivity contribution in [2.24, 2.45) is 0 Å². The molecular formula is C8H11BrN4O. The molecule has 0 aromatic carbocycles. The Labute approximate surface area is 89.8 Å². The van der Waals surface area contributed by atoms with Crippen LogP contribution >= 0.6 is 15.9 Å². The molecule has 76 valence electrons. The lowest BCUT2D eigenvalue weighted by Crippen LogP contribution is -2.37. The van der Waals surface area contributed by atoms with E-state index in [9.17, 15) is 4.79 Å². The van der Waals surface area contributed by atoms with E-state index in [1.807, 2.05) is 0 Å². The van der Waals surface area contributed by atoms with Crippen molar-refractivity contribution >= 4 is 21.8 Å². The summed E-state index contributed by atoms with van der Waals surface area (Å²) in [5, 5.41) is 12.6. The highest BCUT2D eigenvalue weighted by atomic mass is 79.9. The van der Waals surface area contributed by atoms with Gasteiger partial charge in [0.1, 0.15) is 0 Å². The molecule has 1 aliphatic rings. The predicted molar refractivity (Wildman–Crippen MR) is 54.2 cm³/mol. The number of amides is 1. The number of alkyl halides is 1. The highest BCUT2D eigenvalue weighted by Crippen LogP contribution is 2.25. The van der Waals surface area contributed by atoms with Crippen molar-refractivity contribution < 1.29 is 4.79 Å². The third-order valence-corrected chi connectivity index (χ3v) is 3.49. The average molecular weight is 259 g/mol. The maximum atomic E-state index is 11.6. The van der Waals surface area contributed by atoms with E-state index >= 15 is 0 Å². The SMILES string of the molecule is O=C(NC1CCCC1Br)c1cn[nH]n1. The number of aromatic amines is 1. The zero-order chi connectivity index (χ0) is 9.97. The summed E-state index contributed by atoms with van der Waals surface area (Å²) in [5.41, 5.74) is 0.344. The van der Waals surface area contributed by atoms with Gasteiger partial charge >= 0.3 is 0 Å². The molecule has 5 nitrogen and oxygen atoms in total. The molecular weight excluding hydrogens is 248 g/mol. The van der Waals surface area contributed by atoms with Gasteiger partial charge in [0.15, 0.2) is 5.69 Å². The first-order valence-electron chi connectivity index (χ1n) is 4.58. The van der Waals surface area contributed by atoms with Crippen LogP contribution in [0.2, 0.25) is 0 Å². The normalized spacial score (nSPS) is 26.4. The summed E-state index contributed by atoms with van der Waals surface area (Å²) in [7, 11) is 0. The Morgan fingerprint density at radius 2 is 2.50 bits per heavy atom. The highest BCUT2D eigenvalue weighted by Gasteiger charge is 2.26. The zero-order valence-corrected chi connectivity index (χ0v) is 9.12. The molecule has 0 spiro atoms. The van der Waals surface area contributed by atoms with Gasteiger partial charge in [0.05, 0.1) is 6.20 Å². The Morgan fingerprint density at radius 3 is 3.07 bits per heavy atom. The first kappa shape index (κ1) is 9.64. The fourth-order valence-electron chi connectivity index (χ4n) is 1.63. The average Bonchev–Trinajstić information content (AvgIpc) is 2.77. The molecule has 1 aromatic rings. The molecule has 1 saturated carbocycles. The van der Waals surface area contributed by atoms with E-state index in [2.05, 4.69) is 36.7 Å². The molecule has 0 aliphatic heterocycles. The van der Waals surface area contributed by atoms with Gasteiger partial charge < -0.3 is 5.32 Å². The monoisotopic (exact) mass is 258 g/mol. The van der Waals surface area contributed by atoms with Gasteiger partial charge in [0, 0.05) is 10.9 Å². The van der Waals surface area contributed by atoms with Crippen molar-refractivity contribution in [3.8, 4) is 0 Å². The minimum Gasteiger partial charge on any atom is -0.347 e. The Morgan fingerprint density at radius 1 is 1.64 bits per heavy atom. The van der Waals surface area contributed by atoms with Crippen molar-refractivity contribution in [3.05, 3.63) is 11.9 Å². The summed E-state index contributed by atoms with van der Waals surface area (Å²) >= 11 is 3.54. The fraction of sp³-hybridized carbons (Fsp3) is 0.625. The number of carbonyl (C=O) groups excluding carboxylic acids is 1. The van der Waals surface area contributed by atoms with Crippen LogP contribution in [0, 0.1) is 0 Å². The molecule has 1 fully saturated rings. The van der Waals surface area contributed by atoms with Crippen LogP contribution in [0.3, 0.4) is 0 Å². The maximum absolute atomic E-state index is 11.6. The van der Waals surface area contributed by atoms with Crippen LogP contribution in [-0.2, 0) is 0 Å². The Hall–Kier alpha value is -0.910. The number of H-pyrrole nitrogens is 1. The molecule has 2 unspecified atom stereocenters. The molecule has 2 rings (SSSR count). The topological polar surface area (TPSA) is 70.7 Å². The van der Waals surface area contributed by atoms with Gasteiger partial charge in [-0.25, -0.2) is 0 Å². The van der Waals surface area contributed by atoms with Crippen molar-refractivity contribution in [1.82, 2.24) is 20.7 Å². The van der Waals surface area contributed by atoms with E-state index in [1.165, 1.54) is 6.20 Å². The second kappa shape index (κ2) is 4.08. The number of carbonyl (C=O) groups is 1. The van der Waals surface area contributed by atoms with Crippen LogP contribution in [0.25, 0.3) is 0 Å². The Balaban J connectivity index is 1.95. The third-order valence-electron chi connectivity index (χ3n) is 2.40. The molecule has 0 radical (unpaired) electrons. The molecule has 2 atom stereocenters. The van der Waals surface area contributed by atoms with Crippen molar-refractivity contribution in [2.75, 3.05) is 0 Å². The van der Waals surface area contributed by atoms with E-state index in [-0.39, 0.29) is 11.9 Å². The minimum atomic E-state index is -0.157. The number of aromatic nitrogens is 3. The van der Waals surface area contributed by atoms with Gasteiger partial charge in [0.25, 0.3) is 5.91 Å². The Bertz CT molecular complexity index is 313. The summed E-state index contributed by atoms with van der Waals surface area (Å²) in [4.78, 5) is 11.9. The van der Waals surface area contributed by atoms with E-state index in [0.717, 1.165) is 19.3 Å². The summed E-state index contributed by atoms with van der Waals surface area (Å²) in [6, 6.07) is 0.221. The lowest BCUT2D eigenvalue weighted by Gasteiger charge is -2.14. The second-order valence-corrected chi connectivity index (χ2v) is 4.56. The van der Waals surface area contributed by atoms with Gasteiger partial charge in [0.2, 0.25) is 0 Å². The zero-order valence-electron chi connectivity index (χ0n) is 7.53. The van der Waals surface area contributed by atoms with Gasteiger partial charge in [-0.05, 0) is 12.8 Å². The number of hydrogen-bond donors (Lipinski definition) is 2. The van der Waals surface area contributed by atoms with Gasteiger partial charge in [-0.2, -0.15) is 15.4 Å². The van der Waals surface area contributed by atoms with Crippen LogP contribution in [0.15, 0.2) is 6.20 Å². The molecule has 6 heteroatoms. The standard InChI is InChI=1S/C8H11BrN4O/c9-5-2-1-3-6(5)11-8(14)7-4-10-13-12-7/h4-6H,1-3H2,(H,11,14)(H,10,12,13). The summed E-state index contributed by atoms with van der Waals surface area (Å²) in [6.45, 7) is 0. The molecule has 2 N–H and O–H groups in total. The molecule has 1 aromatic heterocycles. The molecule has 0 bridgehead atoms. The largest absolute Gasteiger partial charge is 0.347 e. The number of nitrogens with one attached hydrogen (secondary N) is 2. The van der Waals surface area contributed by atoms with Gasteiger partial charge in [-0.15, -0.1) is 0 Å². The summed E-state index contributed by atoms with van der Waals surface area (Å²) in [5.74, 6) is -0.157. The number of hydrogen-bond acceptors (Lipinski definition) is 3. The smallest absolute Gasteiger partial charge is 0.273 e. The van der Waals surface area contributed by atoms with E-state index in [4.69, 9.17) is 0 Å². The first-order valence-corrected chi connectivity index (χ1v) is 5.49. The first-order chi connectivity index (χ1) is 6.77. The molecule has 0 saturated heterocycles. The molecule has 14 heavy (non-hydrogen) atoms. The van der Waals surface area contributed by atoms with Crippen molar-refractivity contribution in [1.29, 1.82) is 0 Å². The lowest BCUT2D eigenvalue weighted by molar-refractivity contribution is 0.0934. The predicted octanol–water partition coefficient (Wildman–Crippen LogP) is 0.850. The lowest BCUT2D eigenvalue weighted by atomic mass is 10.2. The number of nitrogens with zero attached hydrogens (tertiary/aromatic N) is 2. The van der Waals surface area contributed by atoms with Crippen LogP contribution in [0.4, 0.5) is 0 Å². The van der Waals surface area contributed by atoms with Crippen molar-refractivity contribution in [2.45, 2.75) is 30.1 Å². The number of halogens is 1. The van der Waals surface area contributed by atoms with Crippen LogP contribution in [0.5, 0.6) is 0 Å². The van der Waals surface area contributed by atoms with Crippen molar-refractivity contribution in [3.63, 3.8) is 0 Å². The van der Waals surface area contributed by atoms with Crippen LogP contribution in [0.1, 0.15) is 29.8 Å². The van der Waals surface area contributed by atoms with Crippen LogP contribution in [-0.4, -0.2) is 32.2 Å². The van der Waals surface area contributed by atoms with Gasteiger partial charge in [-0.3, -0.25) is 4.79 Å². The van der Waals surface area contributed by atoms with E-state index in [1.54, 1.807) is 0 Å². The Kier molecular flexibility index (Phi) is 2.81. The van der Waals surface area contributed by atoms with E-state index < -0.39 is 0 Å². The molecule has 1 heterocycles. The molecule has 1 amide bonds. The quantitative estimate of drug-likeness (QED) is 0.773. The summed E-state index contributed by atoms with van der Waals surface area (Å²) < 4.78 is 0. The van der Waals surface area contributed by atoms with Crippen LogP contribution < -0.4 is 5.32 Å². The fourth-order valence-corrected chi connectivity index (χ4v) is 2.35. The second-order valence-electron chi connectivity index (χ2n) is 3.38.